The normalized spacial score (nSPS) is 11.3. The molecule has 0 radical (unpaired) electrons. The molecule has 0 saturated carbocycles. The number of nitrogens with zero attached hydrogens (tertiary/aromatic N) is 1. The Morgan fingerprint density at radius 2 is 1.72 bits per heavy atom. The first-order valence-corrected chi connectivity index (χ1v) is 10.1. The molecule has 6 nitrogen and oxygen atoms in total. The first-order chi connectivity index (χ1) is 14.2. The van der Waals surface area contributed by atoms with Crippen molar-refractivity contribution < 1.29 is 14.2 Å². The number of hydrogen-bond donors (Lipinski definition) is 2. The summed E-state index contributed by atoms with van der Waals surface area (Å²) in [4.78, 5) is 4.27. The Hall–Kier alpha value is -2.28. The molecule has 0 aliphatic heterocycles. The lowest BCUT2D eigenvalue weighted by Crippen LogP contribution is -2.37. The first-order valence-electron chi connectivity index (χ1n) is 9.70. The SMILES string of the molecule is CN=C(NCCCOCCOC)NCc1ccccc1COc1ccccc1Cl. The van der Waals surface area contributed by atoms with Crippen LogP contribution in [-0.4, -0.2) is 46.5 Å². The average Bonchev–Trinajstić information content (AvgIpc) is 2.75. The zero-order valence-corrected chi connectivity index (χ0v) is 17.9. The Bertz CT molecular complexity index is 756. The summed E-state index contributed by atoms with van der Waals surface area (Å²) in [5.74, 6) is 1.44. The minimum atomic E-state index is 0.451. The molecule has 158 valence electrons. The van der Waals surface area contributed by atoms with Gasteiger partial charge in [0.05, 0.1) is 18.2 Å². The number of para-hydroxylation sites is 1. The predicted octanol–water partition coefficient (Wildman–Crippen LogP) is 3.64. The Morgan fingerprint density at radius 1 is 0.966 bits per heavy atom. The third kappa shape index (κ3) is 8.73. The second-order valence-electron chi connectivity index (χ2n) is 6.30. The number of aliphatic imine (C=N–C) groups is 1. The van der Waals surface area contributed by atoms with Gasteiger partial charge in [0.2, 0.25) is 0 Å². The number of ether oxygens (including phenoxy) is 3. The van der Waals surface area contributed by atoms with E-state index >= 15 is 0 Å². The second-order valence-corrected chi connectivity index (χ2v) is 6.71. The quantitative estimate of drug-likeness (QED) is 0.312. The highest BCUT2D eigenvalue weighted by Crippen LogP contribution is 2.24. The third-order valence-corrected chi connectivity index (χ3v) is 4.51. The Labute approximate surface area is 178 Å². The summed E-state index contributed by atoms with van der Waals surface area (Å²) in [6, 6.07) is 15.6. The first kappa shape index (κ1) is 23.0. The molecule has 7 heteroatoms. The van der Waals surface area contributed by atoms with Crippen LogP contribution in [0.4, 0.5) is 0 Å². The second kappa shape index (κ2) is 13.8. The fourth-order valence-corrected chi connectivity index (χ4v) is 2.80. The summed E-state index contributed by atoms with van der Waals surface area (Å²) in [6.45, 7) is 3.81. The fourth-order valence-electron chi connectivity index (χ4n) is 2.61. The van der Waals surface area contributed by atoms with Crippen molar-refractivity contribution in [2.75, 3.05) is 40.5 Å². The molecule has 29 heavy (non-hydrogen) atoms. The van der Waals surface area contributed by atoms with Crippen LogP contribution in [0.15, 0.2) is 53.5 Å². The van der Waals surface area contributed by atoms with Crippen molar-refractivity contribution in [2.45, 2.75) is 19.6 Å². The number of rotatable bonds is 12. The number of nitrogens with one attached hydrogen (secondary N) is 2. The van der Waals surface area contributed by atoms with Crippen LogP contribution in [-0.2, 0) is 22.6 Å². The van der Waals surface area contributed by atoms with E-state index < -0.39 is 0 Å². The lowest BCUT2D eigenvalue weighted by atomic mass is 10.1. The van der Waals surface area contributed by atoms with Crippen molar-refractivity contribution in [1.29, 1.82) is 0 Å². The molecule has 0 aliphatic rings. The lowest BCUT2D eigenvalue weighted by molar-refractivity contribution is 0.0698. The molecule has 2 aromatic rings. The largest absolute Gasteiger partial charge is 0.487 e. The van der Waals surface area contributed by atoms with E-state index in [4.69, 9.17) is 25.8 Å². The highest BCUT2D eigenvalue weighted by molar-refractivity contribution is 6.32. The molecule has 0 fully saturated rings. The topological polar surface area (TPSA) is 64.1 Å². The monoisotopic (exact) mass is 419 g/mol. The van der Waals surface area contributed by atoms with Gasteiger partial charge in [-0.1, -0.05) is 48.0 Å². The van der Waals surface area contributed by atoms with E-state index in [1.807, 2.05) is 36.4 Å². The standard InChI is InChI=1S/C22H30ClN3O3/c1-24-22(25-12-7-13-28-15-14-27-2)26-16-18-8-3-4-9-19(18)17-29-21-11-6-5-10-20(21)23/h3-6,8-11H,7,12-17H2,1-2H3,(H2,24,25,26). The summed E-state index contributed by atoms with van der Waals surface area (Å²) in [5, 5.41) is 7.25. The molecule has 2 aromatic carbocycles. The molecule has 0 saturated heterocycles. The highest BCUT2D eigenvalue weighted by Gasteiger charge is 2.06. The van der Waals surface area contributed by atoms with Crippen molar-refractivity contribution in [1.82, 2.24) is 10.6 Å². The highest BCUT2D eigenvalue weighted by atomic mass is 35.5. The van der Waals surface area contributed by atoms with E-state index in [1.54, 1.807) is 14.2 Å². The molecular formula is C22H30ClN3O3. The molecule has 2 rings (SSSR count). The molecule has 0 atom stereocenters. The van der Waals surface area contributed by atoms with Gasteiger partial charge in [0.1, 0.15) is 12.4 Å². The van der Waals surface area contributed by atoms with Gasteiger partial charge in [0, 0.05) is 33.9 Å². The maximum atomic E-state index is 6.17. The summed E-state index contributed by atoms with van der Waals surface area (Å²) >= 11 is 6.17. The van der Waals surface area contributed by atoms with Gasteiger partial charge in [-0.3, -0.25) is 4.99 Å². The van der Waals surface area contributed by atoms with Crippen molar-refractivity contribution >= 4 is 17.6 Å². The van der Waals surface area contributed by atoms with Crippen LogP contribution in [0.2, 0.25) is 5.02 Å². The molecule has 0 bridgehead atoms. The van der Waals surface area contributed by atoms with Crippen LogP contribution < -0.4 is 15.4 Å². The lowest BCUT2D eigenvalue weighted by Gasteiger charge is -2.15. The van der Waals surface area contributed by atoms with Gasteiger partial charge in [0.25, 0.3) is 0 Å². The smallest absolute Gasteiger partial charge is 0.191 e. The maximum absolute atomic E-state index is 6.17. The molecule has 0 unspecified atom stereocenters. The van der Waals surface area contributed by atoms with Crippen molar-refractivity contribution in [2.24, 2.45) is 4.99 Å². The van der Waals surface area contributed by atoms with Crippen LogP contribution in [0.25, 0.3) is 0 Å². The molecule has 0 heterocycles. The van der Waals surface area contributed by atoms with E-state index in [0.717, 1.165) is 30.1 Å². The van der Waals surface area contributed by atoms with Crippen molar-refractivity contribution in [3.05, 3.63) is 64.7 Å². The Balaban J connectivity index is 1.78. The molecule has 0 spiro atoms. The third-order valence-electron chi connectivity index (χ3n) is 4.20. The number of guanidine groups is 1. The molecule has 0 aliphatic carbocycles. The van der Waals surface area contributed by atoms with Crippen molar-refractivity contribution in [3.63, 3.8) is 0 Å². The number of hydrogen-bond acceptors (Lipinski definition) is 4. The molecule has 0 aromatic heterocycles. The van der Waals surface area contributed by atoms with Crippen molar-refractivity contribution in [3.8, 4) is 5.75 Å². The number of benzene rings is 2. The zero-order chi connectivity index (χ0) is 20.7. The summed E-state index contributed by atoms with van der Waals surface area (Å²) in [6.07, 6.45) is 0.896. The molecule has 0 amide bonds. The van der Waals surface area contributed by atoms with E-state index in [9.17, 15) is 0 Å². The van der Waals surface area contributed by atoms with Gasteiger partial charge >= 0.3 is 0 Å². The molecular weight excluding hydrogens is 390 g/mol. The van der Waals surface area contributed by atoms with Crippen LogP contribution in [0.3, 0.4) is 0 Å². The van der Waals surface area contributed by atoms with Gasteiger partial charge < -0.3 is 24.8 Å². The van der Waals surface area contributed by atoms with E-state index in [0.29, 0.717) is 43.7 Å². The number of halogens is 1. The maximum Gasteiger partial charge on any atom is 0.191 e. The van der Waals surface area contributed by atoms with E-state index in [1.165, 1.54) is 0 Å². The summed E-state index contributed by atoms with van der Waals surface area (Å²) < 4.78 is 16.3. The van der Waals surface area contributed by atoms with Gasteiger partial charge in [-0.25, -0.2) is 0 Å². The van der Waals surface area contributed by atoms with Gasteiger partial charge in [-0.05, 0) is 29.7 Å². The summed E-state index contributed by atoms with van der Waals surface area (Å²) in [5.41, 5.74) is 2.24. The van der Waals surface area contributed by atoms with Crippen LogP contribution >= 0.6 is 11.6 Å². The van der Waals surface area contributed by atoms with E-state index in [-0.39, 0.29) is 0 Å². The van der Waals surface area contributed by atoms with E-state index in [2.05, 4.69) is 27.8 Å². The van der Waals surface area contributed by atoms with Crippen LogP contribution in [0.5, 0.6) is 5.75 Å². The van der Waals surface area contributed by atoms with Gasteiger partial charge in [-0.15, -0.1) is 0 Å². The number of methoxy groups -OCH3 is 1. The summed E-state index contributed by atoms with van der Waals surface area (Å²) in [7, 11) is 3.43. The predicted molar refractivity (Wildman–Crippen MR) is 118 cm³/mol. The minimum absolute atomic E-state index is 0.451. The Kier molecular flexibility index (Phi) is 11.0. The van der Waals surface area contributed by atoms with Crippen LogP contribution in [0, 0.1) is 0 Å². The molecule has 2 N–H and O–H groups in total. The van der Waals surface area contributed by atoms with Gasteiger partial charge in [0.15, 0.2) is 5.96 Å². The fraction of sp³-hybridized carbons (Fsp3) is 0.409. The average molecular weight is 420 g/mol. The van der Waals surface area contributed by atoms with Gasteiger partial charge in [-0.2, -0.15) is 0 Å². The van der Waals surface area contributed by atoms with Crippen LogP contribution in [0.1, 0.15) is 17.5 Å². The Morgan fingerprint density at radius 3 is 2.48 bits per heavy atom. The minimum Gasteiger partial charge on any atom is -0.487 e. The zero-order valence-electron chi connectivity index (χ0n) is 17.1.